The van der Waals surface area contributed by atoms with Gasteiger partial charge in [-0.2, -0.15) is 0 Å². The lowest BCUT2D eigenvalue weighted by Crippen LogP contribution is -1.91. The molecule has 0 N–H and O–H groups in total. The monoisotopic (exact) mass is 202 g/mol. The summed E-state index contributed by atoms with van der Waals surface area (Å²) in [5, 5.41) is 0. The quantitative estimate of drug-likeness (QED) is 0.611. The van der Waals surface area contributed by atoms with Gasteiger partial charge in [0.15, 0.2) is 0 Å². The predicted octanol–water partition coefficient (Wildman–Crippen LogP) is 2.12. The fraction of sp³-hybridized carbons (Fsp3) is 0. The van der Waals surface area contributed by atoms with Crippen LogP contribution in [0.2, 0.25) is 0 Å². The lowest BCUT2D eigenvalue weighted by atomic mass is 10.3. The van der Waals surface area contributed by atoms with Crippen molar-refractivity contribution in [3.8, 4) is 0 Å². The second-order valence-electron chi connectivity index (χ2n) is 2.14. The summed E-state index contributed by atoms with van der Waals surface area (Å²) >= 11 is 0. The van der Waals surface area contributed by atoms with Crippen LogP contribution in [-0.2, 0) is 9.05 Å². The zero-order chi connectivity index (χ0) is 9.03. The van der Waals surface area contributed by atoms with E-state index in [1.807, 2.05) is 0 Å². The Labute approximate surface area is 76.0 Å². The van der Waals surface area contributed by atoms with Crippen molar-refractivity contribution in [1.82, 2.24) is 0 Å². The lowest BCUT2D eigenvalue weighted by molar-refractivity contribution is 0.615. The highest BCUT2D eigenvalue weighted by Crippen LogP contribution is 2.14. The molecule has 1 aliphatic rings. The van der Waals surface area contributed by atoms with Crippen molar-refractivity contribution in [2.24, 2.45) is 0 Å². The lowest BCUT2D eigenvalue weighted by Gasteiger charge is -1.94. The maximum absolute atomic E-state index is 10.8. The molecule has 0 aliphatic heterocycles. The number of hydrogen-bond donors (Lipinski definition) is 0. The maximum atomic E-state index is 10.8. The molecular formula is C8H7ClO2S. The number of halogens is 1. The minimum atomic E-state index is -3.60. The summed E-state index contributed by atoms with van der Waals surface area (Å²) in [4.78, 5) is 0.102. The molecule has 0 fully saturated rings. The van der Waals surface area contributed by atoms with Crippen LogP contribution in [0.15, 0.2) is 47.4 Å². The van der Waals surface area contributed by atoms with Gasteiger partial charge in [0, 0.05) is 10.7 Å². The van der Waals surface area contributed by atoms with Crippen LogP contribution in [0.25, 0.3) is 0 Å². The van der Waals surface area contributed by atoms with Crippen LogP contribution in [0.1, 0.15) is 0 Å². The molecule has 0 amide bonds. The van der Waals surface area contributed by atoms with Crippen molar-refractivity contribution in [3.63, 3.8) is 0 Å². The molecule has 0 bridgehead atoms. The minimum absolute atomic E-state index is 0.102. The fourth-order valence-electron chi connectivity index (χ4n) is 0.711. The Kier molecular flexibility index (Phi) is 2.89. The summed E-state index contributed by atoms with van der Waals surface area (Å²) in [5.74, 6) is 0. The Hall–Kier alpha value is -0.800. The SMILES string of the molecule is O=S(=O)(Cl)C1=C/C=C\C=C/C=C\1. The topological polar surface area (TPSA) is 34.1 Å². The molecule has 4 heteroatoms. The Morgan fingerprint density at radius 3 is 2.25 bits per heavy atom. The van der Waals surface area contributed by atoms with Gasteiger partial charge < -0.3 is 0 Å². The summed E-state index contributed by atoms with van der Waals surface area (Å²) in [7, 11) is 1.53. The first-order valence-corrected chi connectivity index (χ1v) is 5.58. The van der Waals surface area contributed by atoms with Gasteiger partial charge in [0.05, 0.1) is 4.91 Å². The molecule has 0 aromatic carbocycles. The van der Waals surface area contributed by atoms with E-state index in [0.717, 1.165) is 0 Å². The first kappa shape index (κ1) is 9.29. The third kappa shape index (κ3) is 2.68. The molecule has 1 aliphatic carbocycles. The maximum Gasteiger partial charge on any atom is 0.261 e. The third-order valence-corrected chi connectivity index (χ3v) is 2.62. The average molecular weight is 203 g/mol. The summed E-state index contributed by atoms with van der Waals surface area (Å²) in [6.07, 6.45) is 11.4. The van der Waals surface area contributed by atoms with E-state index in [-0.39, 0.29) is 4.91 Å². The van der Waals surface area contributed by atoms with Crippen molar-refractivity contribution >= 4 is 19.7 Å². The van der Waals surface area contributed by atoms with Gasteiger partial charge in [-0.05, 0) is 12.2 Å². The van der Waals surface area contributed by atoms with Crippen molar-refractivity contribution < 1.29 is 8.42 Å². The predicted molar refractivity (Wildman–Crippen MR) is 50.3 cm³/mol. The zero-order valence-corrected chi connectivity index (χ0v) is 7.72. The van der Waals surface area contributed by atoms with Crippen LogP contribution in [0, 0.1) is 0 Å². The van der Waals surface area contributed by atoms with Gasteiger partial charge in [-0.25, -0.2) is 8.42 Å². The highest BCUT2D eigenvalue weighted by Gasteiger charge is 2.08. The summed E-state index contributed by atoms with van der Waals surface area (Å²) in [6, 6.07) is 0. The molecule has 0 atom stereocenters. The van der Waals surface area contributed by atoms with Crippen molar-refractivity contribution in [3.05, 3.63) is 47.4 Å². The van der Waals surface area contributed by atoms with Crippen LogP contribution in [0.3, 0.4) is 0 Å². The van der Waals surface area contributed by atoms with Gasteiger partial charge in [-0.3, -0.25) is 0 Å². The van der Waals surface area contributed by atoms with Gasteiger partial charge in [0.25, 0.3) is 9.05 Å². The third-order valence-electron chi connectivity index (χ3n) is 1.25. The number of rotatable bonds is 1. The normalized spacial score (nSPS) is 29.2. The fourth-order valence-corrected chi connectivity index (χ4v) is 1.50. The molecular weight excluding hydrogens is 196 g/mol. The van der Waals surface area contributed by atoms with Gasteiger partial charge in [-0.15, -0.1) is 0 Å². The van der Waals surface area contributed by atoms with Crippen molar-refractivity contribution in [1.29, 1.82) is 0 Å². The van der Waals surface area contributed by atoms with Crippen LogP contribution in [-0.4, -0.2) is 8.42 Å². The first-order valence-electron chi connectivity index (χ1n) is 3.27. The van der Waals surface area contributed by atoms with E-state index in [1.54, 1.807) is 30.4 Å². The van der Waals surface area contributed by atoms with Gasteiger partial charge >= 0.3 is 0 Å². The van der Waals surface area contributed by atoms with Crippen LogP contribution >= 0.6 is 10.7 Å². The Balaban J connectivity index is 3.07. The van der Waals surface area contributed by atoms with E-state index >= 15 is 0 Å². The highest BCUT2D eigenvalue weighted by molar-refractivity contribution is 8.17. The van der Waals surface area contributed by atoms with E-state index in [1.165, 1.54) is 12.2 Å². The van der Waals surface area contributed by atoms with E-state index in [9.17, 15) is 8.42 Å². The van der Waals surface area contributed by atoms with E-state index in [0.29, 0.717) is 0 Å². The second kappa shape index (κ2) is 3.74. The molecule has 0 aromatic rings. The van der Waals surface area contributed by atoms with Crippen molar-refractivity contribution in [2.45, 2.75) is 0 Å². The molecule has 0 aromatic heterocycles. The van der Waals surface area contributed by atoms with Crippen molar-refractivity contribution in [2.75, 3.05) is 0 Å². The van der Waals surface area contributed by atoms with Crippen LogP contribution in [0.5, 0.6) is 0 Å². The van der Waals surface area contributed by atoms with E-state index in [4.69, 9.17) is 10.7 Å². The smallest absolute Gasteiger partial charge is 0.207 e. The standard InChI is InChI=1S/C8H7ClO2S/c9-12(10,11)8-6-4-2-1-3-5-7-8/h1-7H/b2-1-,3-1?,4-2?,5-3-,6-4-,7-5?,8-6?,8-7+. The number of hydrogen-bond acceptors (Lipinski definition) is 2. The molecule has 0 saturated carbocycles. The Morgan fingerprint density at radius 2 is 1.58 bits per heavy atom. The molecule has 12 heavy (non-hydrogen) atoms. The molecule has 0 spiro atoms. The number of allylic oxidation sites excluding steroid dienone is 7. The summed E-state index contributed by atoms with van der Waals surface area (Å²) < 4.78 is 21.7. The molecule has 0 unspecified atom stereocenters. The molecule has 0 saturated heterocycles. The van der Waals surface area contributed by atoms with E-state index in [2.05, 4.69) is 0 Å². The Morgan fingerprint density at radius 1 is 1.00 bits per heavy atom. The molecule has 0 radical (unpaired) electrons. The zero-order valence-electron chi connectivity index (χ0n) is 6.14. The van der Waals surface area contributed by atoms with Gasteiger partial charge in [0.2, 0.25) is 0 Å². The minimum Gasteiger partial charge on any atom is -0.207 e. The molecule has 0 heterocycles. The van der Waals surface area contributed by atoms with Gasteiger partial charge in [0.1, 0.15) is 0 Å². The summed E-state index contributed by atoms with van der Waals surface area (Å²) in [6.45, 7) is 0. The second-order valence-corrected chi connectivity index (χ2v) is 4.70. The highest BCUT2D eigenvalue weighted by atomic mass is 35.7. The van der Waals surface area contributed by atoms with Crippen LogP contribution < -0.4 is 0 Å². The average Bonchev–Trinajstić information content (AvgIpc) is 1.81. The summed E-state index contributed by atoms with van der Waals surface area (Å²) in [5.41, 5.74) is 0. The molecule has 64 valence electrons. The van der Waals surface area contributed by atoms with Gasteiger partial charge in [-0.1, -0.05) is 30.4 Å². The first-order chi connectivity index (χ1) is 5.61. The molecule has 1 rings (SSSR count). The Bertz CT molecular complexity index is 372. The van der Waals surface area contributed by atoms with Crippen LogP contribution in [0.4, 0.5) is 0 Å². The molecule has 2 nitrogen and oxygen atoms in total. The largest absolute Gasteiger partial charge is 0.261 e. The van der Waals surface area contributed by atoms with E-state index < -0.39 is 9.05 Å².